The van der Waals surface area contributed by atoms with Gasteiger partial charge in [0.1, 0.15) is 0 Å². The molecule has 0 N–H and O–H groups in total. The van der Waals surface area contributed by atoms with Crippen molar-refractivity contribution in [3.8, 4) is 0 Å². The minimum atomic E-state index is 0.732. The standard InChI is InChI=1S/C14H17N7/c1-10-3-4-12-11(9-10)15-13(14-16-17-18-21(12)14)20-7-5-19(2)6-8-20/h3-4,9H,5-8H2,1-2H3. The third-order valence-corrected chi connectivity index (χ3v) is 4.06. The molecule has 4 rings (SSSR count). The highest BCUT2D eigenvalue weighted by Crippen LogP contribution is 2.23. The molecule has 0 atom stereocenters. The minimum absolute atomic E-state index is 0.732. The van der Waals surface area contributed by atoms with Crippen molar-refractivity contribution in [2.24, 2.45) is 0 Å². The smallest absolute Gasteiger partial charge is 0.222 e. The number of nitrogens with zero attached hydrogens (tertiary/aromatic N) is 7. The molecule has 1 fully saturated rings. The molecule has 3 aromatic rings. The summed E-state index contributed by atoms with van der Waals surface area (Å²) >= 11 is 0. The van der Waals surface area contributed by atoms with E-state index in [9.17, 15) is 0 Å². The van der Waals surface area contributed by atoms with Crippen LogP contribution < -0.4 is 4.90 Å². The Kier molecular flexibility index (Phi) is 2.75. The molecule has 7 heteroatoms. The van der Waals surface area contributed by atoms with Crippen LogP contribution in [0.5, 0.6) is 0 Å². The van der Waals surface area contributed by atoms with Crippen molar-refractivity contribution in [2.75, 3.05) is 38.1 Å². The van der Waals surface area contributed by atoms with E-state index >= 15 is 0 Å². The van der Waals surface area contributed by atoms with E-state index in [4.69, 9.17) is 4.98 Å². The maximum atomic E-state index is 4.83. The predicted molar refractivity (Wildman–Crippen MR) is 80.5 cm³/mol. The summed E-state index contributed by atoms with van der Waals surface area (Å²) in [6.07, 6.45) is 0. The summed E-state index contributed by atoms with van der Waals surface area (Å²) in [7, 11) is 2.14. The normalized spacial score (nSPS) is 17.0. The zero-order valence-corrected chi connectivity index (χ0v) is 12.2. The lowest BCUT2D eigenvalue weighted by Gasteiger charge is -2.33. The summed E-state index contributed by atoms with van der Waals surface area (Å²) < 4.78 is 1.79. The highest BCUT2D eigenvalue weighted by molar-refractivity contribution is 5.82. The Hall–Kier alpha value is -2.28. The van der Waals surface area contributed by atoms with Gasteiger partial charge in [0.25, 0.3) is 0 Å². The van der Waals surface area contributed by atoms with Crippen molar-refractivity contribution in [3.63, 3.8) is 0 Å². The summed E-state index contributed by atoms with van der Waals surface area (Å²) in [5, 5.41) is 12.1. The zero-order chi connectivity index (χ0) is 14.4. The Morgan fingerprint density at radius 1 is 1.10 bits per heavy atom. The van der Waals surface area contributed by atoms with Crippen molar-refractivity contribution >= 4 is 22.5 Å². The molecular weight excluding hydrogens is 266 g/mol. The molecule has 0 unspecified atom stereocenters. The minimum Gasteiger partial charge on any atom is -0.351 e. The second kappa shape index (κ2) is 4.63. The average molecular weight is 283 g/mol. The number of anilines is 1. The lowest BCUT2D eigenvalue weighted by Crippen LogP contribution is -2.45. The molecule has 0 amide bonds. The van der Waals surface area contributed by atoms with E-state index in [-0.39, 0.29) is 0 Å². The number of hydrogen-bond acceptors (Lipinski definition) is 6. The topological polar surface area (TPSA) is 62.5 Å². The number of piperazine rings is 1. The highest BCUT2D eigenvalue weighted by atomic mass is 15.5. The number of hydrogen-bond donors (Lipinski definition) is 0. The largest absolute Gasteiger partial charge is 0.351 e. The maximum absolute atomic E-state index is 4.83. The van der Waals surface area contributed by atoms with E-state index in [0.717, 1.165) is 48.7 Å². The van der Waals surface area contributed by atoms with Gasteiger partial charge in [0.15, 0.2) is 5.82 Å². The van der Waals surface area contributed by atoms with Gasteiger partial charge in [-0.1, -0.05) is 6.07 Å². The number of fused-ring (bicyclic) bond motifs is 3. The van der Waals surface area contributed by atoms with Gasteiger partial charge in [-0.3, -0.25) is 0 Å². The third-order valence-electron chi connectivity index (χ3n) is 4.06. The highest BCUT2D eigenvalue weighted by Gasteiger charge is 2.20. The van der Waals surface area contributed by atoms with E-state index in [1.807, 2.05) is 6.07 Å². The van der Waals surface area contributed by atoms with Crippen molar-refractivity contribution in [1.82, 2.24) is 29.9 Å². The first kappa shape index (κ1) is 12.5. The second-order valence-corrected chi connectivity index (χ2v) is 5.63. The van der Waals surface area contributed by atoms with Crippen LogP contribution in [0, 0.1) is 6.92 Å². The fourth-order valence-corrected chi connectivity index (χ4v) is 2.79. The summed E-state index contributed by atoms with van der Waals surface area (Å²) in [6.45, 7) is 6.02. The first-order chi connectivity index (χ1) is 10.2. The Balaban J connectivity index is 1.92. The van der Waals surface area contributed by atoms with E-state index in [1.165, 1.54) is 5.56 Å². The molecule has 3 heterocycles. The van der Waals surface area contributed by atoms with Crippen LogP contribution in [0.3, 0.4) is 0 Å². The Labute approximate surface area is 122 Å². The van der Waals surface area contributed by atoms with Gasteiger partial charge in [-0.2, -0.15) is 4.52 Å². The molecule has 2 aromatic heterocycles. The van der Waals surface area contributed by atoms with Crippen molar-refractivity contribution < 1.29 is 0 Å². The summed E-state index contributed by atoms with van der Waals surface area (Å²) in [4.78, 5) is 9.42. The number of aromatic nitrogens is 5. The Bertz CT molecular complexity index is 802. The van der Waals surface area contributed by atoms with Crippen molar-refractivity contribution in [1.29, 1.82) is 0 Å². The molecule has 0 spiro atoms. The Morgan fingerprint density at radius 2 is 1.90 bits per heavy atom. The molecule has 1 aliphatic rings. The summed E-state index contributed by atoms with van der Waals surface area (Å²) in [6, 6.07) is 6.16. The van der Waals surface area contributed by atoms with E-state index in [2.05, 4.69) is 51.4 Å². The lowest BCUT2D eigenvalue weighted by atomic mass is 10.2. The van der Waals surface area contributed by atoms with Crippen LogP contribution in [-0.4, -0.2) is 63.2 Å². The van der Waals surface area contributed by atoms with Gasteiger partial charge in [0, 0.05) is 26.2 Å². The van der Waals surface area contributed by atoms with Gasteiger partial charge in [-0.05, 0) is 42.1 Å². The fraction of sp³-hybridized carbons (Fsp3) is 0.429. The summed E-state index contributed by atoms with van der Waals surface area (Å²) in [5.41, 5.74) is 3.80. The van der Waals surface area contributed by atoms with Gasteiger partial charge < -0.3 is 9.80 Å². The molecule has 1 aliphatic heterocycles. The molecule has 0 bridgehead atoms. The number of rotatable bonds is 1. The Morgan fingerprint density at radius 3 is 2.71 bits per heavy atom. The van der Waals surface area contributed by atoms with Crippen LogP contribution in [0.15, 0.2) is 18.2 Å². The fourth-order valence-electron chi connectivity index (χ4n) is 2.79. The van der Waals surface area contributed by atoms with Crippen LogP contribution in [0.25, 0.3) is 16.7 Å². The monoisotopic (exact) mass is 283 g/mol. The molecule has 7 nitrogen and oxygen atoms in total. The van der Waals surface area contributed by atoms with Gasteiger partial charge >= 0.3 is 0 Å². The number of aryl methyl sites for hydroxylation is 1. The van der Waals surface area contributed by atoms with E-state index in [1.54, 1.807) is 4.52 Å². The molecule has 108 valence electrons. The number of likely N-dealkylation sites (N-methyl/N-ethyl adjacent to an activating group) is 1. The maximum Gasteiger partial charge on any atom is 0.222 e. The van der Waals surface area contributed by atoms with E-state index in [0.29, 0.717) is 0 Å². The lowest BCUT2D eigenvalue weighted by molar-refractivity contribution is 0.312. The molecule has 21 heavy (non-hydrogen) atoms. The molecule has 0 radical (unpaired) electrons. The van der Waals surface area contributed by atoms with Gasteiger partial charge in [0.2, 0.25) is 5.65 Å². The number of benzene rings is 1. The van der Waals surface area contributed by atoms with Gasteiger partial charge in [-0.25, -0.2) is 4.98 Å². The molecular formula is C14H17N7. The predicted octanol–water partition coefficient (Wildman–Crippen LogP) is 0.733. The molecule has 0 aliphatic carbocycles. The first-order valence-electron chi connectivity index (χ1n) is 7.14. The molecule has 1 aromatic carbocycles. The van der Waals surface area contributed by atoms with Crippen LogP contribution in [-0.2, 0) is 0 Å². The van der Waals surface area contributed by atoms with Crippen LogP contribution in [0.2, 0.25) is 0 Å². The molecule has 1 saturated heterocycles. The van der Waals surface area contributed by atoms with Crippen molar-refractivity contribution in [3.05, 3.63) is 23.8 Å². The van der Waals surface area contributed by atoms with Crippen LogP contribution in [0.1, 0.15) is 5.56 Å². The van der Waals surface area contributed by atoms with E-state index < -0.39 is 0 Å². The van der Waals surface area contributed by atoms with Gasteiger partial charge in [-0.15, -0.1) is 5.10 Å². The number of tetrazole rings is 1. The average Bonchev–Trinajstić information content (AvgIpc) is 2.96. The molecule has 0 saturated carbocycles. The van der Waals surface area contributed by atoms with Crippen LogP contribution in [0.4, 0.5) is 5.82 Å². The quantitative estimate of drug-likeness (QED) is 0.656. The van der Waals surface area contributed by atoms with Crippen molar-refractivity contribution in [2.45, 2.75) is 6.92 Å². The zero-order valence-electron chi connectivity index (χ0n) is 12.2. The SMILES string of the molecule is Cc1ccc2c(c1)nc(N1CCN(C)CC1)c1nnnn12. The first-order valence-corrected chi connectivity index (χ1v) is 7.14. The van der Waals surface area contributed by atoms with Crippen LogP contribution >= 0.6 is 0 Å². The third kappa shape index (κ3) is 2.01. The van der Waals surface area contributed by atoms with Gasteiger partial charge in [0.05, 0.1) is 11.0 Å². The summed E-state index contributed by atoms with van der Waals surface area (Å²) in [5.74, 6) is 0.881. The second-order valence-electron chi connectivity index (χ2n) is 5.63.